The minimum absolute atomic E-state index is 0. The highest BCUT2D eigenvalue weighted by atomic mass is 35.5. The predicted octanol–water partition coefficient (Wildman–Crippen LogP) is 4.16. The molecule has 2 N–H and O–H groups in total. The number of piperazine rings is 1. The smallest absolute Gasteiger partial charge is 0.162 e. The van der Waals surface area contributed by atoms with Gasteiger partial charge in [-0.15, -0.1) is 24.8 Å². The molecule has 4 nitrogen and oxygen atoms in total. The van der Waals surface area contributed by atoms with Gasteiger partial charge in [-0.2, -0.15) is 0 Å². The van der Waals surface area contributed by atoms with Crippen molar-refractivity contribution in [3.05, 3.63) is 23.8 Å². The van der Waals surface area contributed by atoms with Crippen LogP contribution in [0.5, 0.6) is 11.5 Å². The van der Waals surface area contributed by atoms with E-state index in [2.05, 4.69) is 16.3 Å². The standard InChI is InChI=1S/C19H30N2O2.2ClH/c1-2-23-17-10-6-9-16(19(17)22)18(15-7-4-3-5-8-15)21-13-11-20-12-14-21;;/h6,9-10,15,18,20,22H,2-5,7-8,11-14H2,1H3;2*1H/t18-;;/m1../s1. The Hall–Kier alpha value is -0.680. The lowest BCUT2D eigenvalue weighted by Gasteiger charge is -2.41. The number of nitrogens with one attached hydrogen (secondary N) is 1. The molecule has 144 valence electrons. The van der Waals surface area contributed by atoms with Crippen molar-refractivity contribution in [3.63, 3.8) is 0 Å². The van der Waals surface area contributed by atoms with Gasteiger partial charge >= 0.3 is 0 Å². The van der Waals surface area contributed by atoms with Crippen molar-refractivity contribution < 1.29 is 9.84 Å². The van der Waals surface area contributed by atoms with Gasteiger partial charge in [-0.3, -0.25) is 4.90 Å². The fourth-order valence-corrected chi connectivity index (χ4v) is 4.21. The molecule has 1 aliphatic carbocycles. The average Bonchev–Trinajstić information content (AvgIpc) is 2.60. The third-order valence-corrected chi connectivity index (χ3v) is 5.29. The van der Waals surface area contributed by atoms with E-state index in [1.807, 2.05) is 19.1 Å². The largest absolute Gasteiger partial charge is 0.504 e. The first-order chi connectivity index (χ1) is 11.3. The topological polar surface area (TPSA) is 44.7 Å². The van der Waals surface area contributed by atoms with E-state index in [1.165, 1.54) is 32.1 Å². The number of hydrogen-bond acceptors (Lipinski definition) is 4. The molecule has 1 aromatic rings. The van der Waals surface area contributed by atoms with Crippen LogP contribution in [0.25, 0.3) is 0 Å². The zero-order chi connectivity index (χ0) is 16.1. The normalized spacial score (nSPS) is 20.2. The predicted molar refractivity (Wildman–Crippen MR) is 108 cm³/mol. The maximum absolute atomic E-state index is 10.8. The molecule has 0 radical (unpaired) electrons. The summed E-state index contributed by atoms with van der Waals surface area (Å²) in [4.78, 5) is 2.57. The summed E-state index contributed by atoms with van der Waals surface area (Å²) in [5, 5.41) is 14.2. The molecule has 25 heavy (non-hydrogen) atoms. The molecule has 1 saturated carbocycles. The summed E-state index contributed by atoms with van der Waals surface area (Å²) in [5.41, 5.74) is 1.06. The number of rotatable bonds is 5. The van der Waals surface area contributed by atoms with Crippen molar-refractivity contribution in [2.24, 2.45) is 5.92 Å². The number of benzene rings is 1. The number of aromatic hydroxyl groups is 1. The quantitative estimate of drug-likeness (QED) is 0.791. The lowest BCUT2D eigenvalue weighted by atomic mass is 9.80. The molecule has 1 saturated heterocycles. The third kappa shape index (κ3) is 5.40. The van der Waals surface area contributed by atoms with Gasteiger partial charge in [0.25, 0.3) is 0 Å². The second kappa shape index (κ2) is 11.1. The average molecular weight is 391 g/mol. The van der Waals surface area contributed by atoms with Crippen molar-refractivity contribution in [2.45, 2.75) is 45.1 Å². The van der Waals surface area contributed by atoms with Crippen LogP contribution in [0.4, 0.5) is 0 Å². The summed E-state index contributed by atoms with van der Waals surface area (Å²) in [6.07, 6.45) is 6.54. The zero-order valence-corrected chi connectivity index (χ0v) is 16.7. The first-order valence-corrected chi connectivity index (χ1v) is 9.20. The van der Waals surface area contributed by atoms with E-state index in [9.17, 15) is 5.11 Å². The van der Waals surface area contributed by atoms with Gasteiger partial charge in [-0.05, 0) is 31.7 Å². The molecule has 1 heterocycles. The van der Waals surface area contributed by atoms with Crippen molar-refractivity contribution in [2.75, 3.05) is 32.8 Å². The van der Waals surface area contributed by atoms with Gasteiger partial charge in [0, 0.05) is 37.8 Å². The number of halogens is 2. The Bertz CT molecular complexity index is 486. The Morgan fingerprint density at radius 2 is 1.84 bits per heavy atom. The monoisotopic (exact) mass is 390 g/mol. The van der Waals surface area contributed by atoms with Crippen LogP contribution in [0.15, 0.2) is 18.2 Å². The number of ether oxygens (including phenoxy) is 1. The lowest BCUT2D eigenvalue weighted by molar-refractivity contribution is 0.101. The number of hydrogen-bond donors (Lipinski definition) is 2. The van der Waals surface area contributed by atoms with E-state index in [0.717, 1.165) is 31.7 Å². The molecule has 6 heteroatoms. The van der Waals surface area contributed by atoms with Crippen molar-refractivity contribution in [1.29, 1.82) is 0 Å². The van der Waals surface area contributed by atoms with E-state index in [-0.39, 0.29) is 24.8 Å². The highest BCUT2D eigenvalue weighted by Crippen LogP contribution is 2.44. The molecule has 3 rings (SSSR count). The van der Waals surface area contributed by atoms with Crippen LogP contribution in [0.1, 0.15) is 50.6 Å². The van der Waals surface area contributed by atoms with Crippen LogP contribution < -0.4 is 10.1 Å². The molecular weight excluding hydrogens is 359 g/mol. The second-order valence-electron chi connectivity index (χ2n) is 6.76. The van der Waals surface area contributed by atoms with Crippen LogP contribution >= 0.6 is 24.8 Å². The summed E-state index contributed by atoms with van der Waals surface area (Å²) < 4.78 is 5.62. The van der Waals surface area contributed by atoms with E-state index in [0.29, 0.717) is 30.1 Å². The molecule has 0 unspecified atom stereocenters. The van der Waals surface area contributed by atoms with Gasteiger partial charge in [0.1, 0.15) is 0 Å². The molecule has 1 aliphatic heterocycles. The van der Waals surface area contributed by atoms with Gasteiger partial charge in [-0.25, -0.2) is 0 Å². The highest BCUT2D eigenvalue weighted by molar-refractivity contribution is 5.85. The Labute approximate surface area is 164 Å². The molecule has 1 atom stereocenters. The second-order valence-corrected chi connectivity index (χ2v) is 6.76. The van der Waals surface area contributed by atoms with Gasteiger partial charge < -0.3 is 15.2 Å². The van der Waals surface area contributed by atoms with Gasteiger partial charge in [-0.1, -0.05) is 31.4 Å². The van der Waals surface area contributed by atoms with Gasteiger partial charge in [0.15, 0.2) is 11.5 Å². The third-order valence-electron chi connectivity index (χ3n) is 5.29. The Kier molecular flexibility index (Phi) is 9.95. The fourth-order valence-electron chi connectivity index (χ4n) is 4.21. The van der Waals surface area contributed by atoms with Crippen molar-refractivity contribution in [3.8, 4) is 11.5 Å². The number of para-hydroxylation sites is 1. The Morgan fingerprint density at radius 3 is 2.48 bits per heavy atom. The van der Waals surface area contributed by atoms with Gasteiger partial charge in [0.2, 0.25) is 0 Å². The fraction of sp³-hybridized carbons (Fsp3) is 0.684. The molecule has 2 fully saturated rings. The Balaban J connectivity index is 0.00000156. The molecular formula is C19H32Cl2N2O2. The minimum atomic E-state index is 0. The van der Waals surface area contributed by atoms with Crippen molar-refractivity contribution >= 4 is 24.8 Å². The highest BCUT2D eigenvalue weighted by Gasteiger charge is 2.33. The maximum atomic E-state index is 10.8. The first-order valence-electron chi connectivity index (χ1n) is 9.20. The van der Waals surface area contributed by atoms with Crippen LogP contribution in [0.2, 0.25) is 0 Å². The van der Waals surface area contributed by atoms with E-state index >= 15 is 0 Å². The molecule has 0 bridgehead atoms. The lowest BCUT2D eigenvalue weighted by Crippen LogP contribution is -2.47. The zero-order valence-electron chi connectivity index (χ0n) is 15.1. The summed E-state index contributed by atoms with van der Waals surface area (Å²) in [5.74, 6) is 1.62. The molecule has 1 aromatic carbocycles. The van der Waals surface area contributed by atoms with E-state index < -0.39 is 0 Å². The SMILES string of the molecule is CCOc1cccc([C@@H](C2CCCCC2)N2CCNCC2)c1O.Cl.Cl. The molecule has 0 amide bonds. The van der Waals surface area contributed by atoms with Crippen molar-refractivity contribution in [1.82, 2.24) is 10.2 Å². The molecule has 2 aliphatic rings. The summed E-state index contributed by atoms with van der Waals surface area (Å²) in [6.45, 7) is 6.73. The number of phenols is 1. The van der Waals surface area contributed by atoms with Crippen LogP contribution in [0.3, 0.4) is 0 Å². The summed E-state index contributed by atoms with van der Waals surface area (Å²) in [6, 6.07) is 6.31. The first kappa shape index (κ1) is 22.4. The maximum Gasteiger partial charge on any atom is 0.162 e. The van der Waals surface area contributed by atoms with E-state index in [4.69, 9.17) is 4.74 Å². The number of phenolic OH excluding ortho intramolecular Hbond substituents is 1. The van der Waals surface area contributed by atoms with Crippen LogP contribution in [-0.2, 0) is 0 Å². The van der Waals surface area contributed by atoms with Crippen LogP contribution in [-0.4, -0.2) is 42.8 Å². The summed E-state index contributed by atoms with van der Waals surface area (Å²) in [7, 11) is 0. The minimum Gasteiger partial charge on any atom is -0.504 e. The van der Waals surface area contributed by atoms with E-state index in [1.54, 1.807) is 0 Å². The Morgan fingerprint density at radius 1 is 1.16 bits per heavy atom. The number of nitrogens with zero attached hydrogens (tertiary/aromatic N) is 1. The molecule has 0 spiro atoms. The summed E-state index contributed by atoms with van der Waals surface area (Å²) >= 11 is 0. The molecule has 0 aromatic heterocycles. The van der Waals surface area contributed by atoms with Gasteiger partial charge in [0.05, 0.1) is 6.61 Å². The van der Waals surface area contributed by atoms with Crippen LogP contribution in [0, 0.1) is 5.92 Å².